The number of amides is 1. The Bertz CT molecular complexity index is 1090. The Morgan fingerprint density at radius 3 is 2.53 bits per heavy atom. The van der Waals surface area contributed by atoms with Crippen molar-refractivity contribution in [1.29, 1.82) is 0 Å². The number of fused-ring (bicyclic) bond motifs is 1. The largest absolute Gasteiger partial charge is 0.347 e. The van der Waals surface area contributed by atoms with Crippen LogP contribution >= 0.6 is 11.6 Å². The van der Waals surface area contributed by atoms with E-state index >= 15 is 0 Å². The second-order valence-corrected chi connectivity index (χ2v) is 8.87. The van der Waals surface area contributed by atoms with E-state index in [9.17, 15) is 4.79 Å². The van der Waals surface area contributed by atoms with Crippen molar-refractivity contribution in [2.24, 2.45) is 5.92 Å². The van der Waals surface area contributed by atoms with Crippen LogP contribution in [0.15, 0.2) is 54.6 Å². The van der Waals surface area contributed by atoms with Crippen LogP contribution in [-0.4, -0.2) is 42.1 Å². The minimum absolute atomic E-state index is 0.113. The van der Waals surface area contributed by atoms with E-state index in [0.29, 0.717) is 18.2 Å². The number of likely N-dealkylation sites (tertiary alicyclic amines) is 1. The molecule has 2 aromatic carbocycles. The number of benzene rings is 2. The highest BCUT2D eigenvalue weighted by Gasteiger charge is 2.28. The van der Waals surface area contributed by atoms with Gasteiger partial charge in [-0.15, -0.1) is 0 Å². The molecular weight excluding hydrogens is 426 g/mol. The predicted octanol–water partition coefficient (Wildman–Crippen LogP) is 4.78. The third-order valence-corrected chi connectivity index (χ3v) is 6.26. The molecule has 0 radical (unpaired) electrons. The number of carbonyl (C=O) groups is 1. The Kier molecular flexibility index (Phi) is 6.37. The molecule has 0 aliphatic carbocycles. The summed E-state index contributed by atoms with van der Waals surface area (Å²) in [6.45, 7) is 3.80. The third kappa shape index (κ3) is 4.94. The monoisotopic (exact) mass is 451 g/mol. The number of carbonyl (C=O) groups excluding carboxylic acids is 1. The number of pyridine rings is 1. The molecule has 32 heavy (non-hydrogen) atoms. The van der Waals surface area contributed by atoms with Gasteiger partial charge in [0, 0.05) is 28.2 Å². The van der Waals surface area contributed by atoms with Crippen molar-refractivity contribution in [3.05, 3.63) is 70.9 Å². The molecule has 2 saturated heterocycles. The molecule has 0 unspecified atom stereocenters. The summed E-state index contributed by atoms with van der Waals surface area (Å²) >= 11 is 5.93. The first-order valence-corrected chi connectivity index (χ1v) is 11.4. The average molecular weight is 452 g/mol. The number of halogens is 1. The summed E-state index contributed by atoms with van der Waals surface area (Å²) in [5.74, 6) is -0.479. The van der Waals surface area contributed by atoms with Gasteiger partial charge in [0.05, 0.1) is 30.3 Å². The molecule has 3 heterocycles. The molecule has 0 saturated carbocycles. The SMILES string of the molecule is O=C(Nc1ccc2nc(CN3CCCC3)ccc2c1)[C@H]1CO[C@H](c2ccc(Cl)cc2)OC1. The van der Waals surface area contributed by atoms with E-state index in [1.54, 1.807) is 12.1 Å². The van der Waals surface area contributed by atoms with Gasteiger partial charge in [-0.25, -0.2) is 0 Å². The van der Waals surface area contributed by atoms with Gasteiger partial charge >= 0.3 is 0 Å². The topological polar surface area (TPSA) is 63.7 Å². The van der Waals surface area contributed by atoms with Crippen LogP contribution in [0.1, 0.15) is 30.4 Å². The molecule has 166 valence electrons. The molecule has 2 aliphatic heterocycles. The molecule has 5 rings (SSSR count). The highest BCUT2D eigenvalue weighted by molar-refractivity contribution is 6.30. The number of anilines is 1. The van der Waals surface area contributed by atoms with E-state index in [1.807, 2.05) is 30.3 Å². The van der Waals surface area contributed by atoms with E-state index in [-0.39, 0.29) is 11.8 Å². The summed E-state index contributed by atoms with van der Waals surface area (Å²) in [6.07, 6.45) is 2.07. The number of nitrogens with one attached hydrogen (secondary N) is 1. The first kappa shape index (κ1) is 21.3. The van der Waals surface area contributed by atoms with Crippen molar-refractivity contribution < 1.29 is 14.3 Å². The van der Waals surface area contributed by atoms with Crippen molar-refractivity contribution in [2.75, 3.05) is 31.6 Å². The zero-order valence-corrected chi connectivity index (χ0v) is 18.6. The molecule has 1 aromatic heterocycles. The lowest BCUT2D eigenvalue weighted by molar-refractivity contribution is -0.204. The van der Waals surface area contributed by atoms with Crippen LogP contribution in [0.25, 0.3) is 10.9 Å². The first-order chi connectivity index (χ1) is 15.6. The normalized spacial score (nSPS) is 21.7. The molecule has 6 nitrogen and oxygen atoms in total. The van der Waals surface area contributed by atoms with Crippen LogP contribution in [0, 0.1) is 5.92 Å². The van der Waals surface area contributed by atoms with Gasteiger partial charge in [-0.2, -0.15) is 0 Å². The van der Waals surface area contributed by atoms with Crippen molar-refractivity contribution in [1.82, 2.24) is 9.88 Å². The second-order valence-electron chi connectivity index (χ2n) is 8.43. The first-order valence-electron chi connectivity index (χ1n) is 11.1. The van der Waals surface area contributed by atoms with E-state index in [0.717, 1.165) is 47.5 Å². The minimum atomic E-state index is -0.474. The van der Waals surface area contributed by atoms with Gasteiger partial charge in [-0.1, -0.05) is 29.8 Å². The van der Waals surface area contributed by atoms with Crippen molar-refractivity contribution >= 4 is 34.1 Å². The summed E-state index contributed by atoms with van der Waals surface area (Å²) in [7, 11) is 0. The molecular formula is C25H26ClN3O3. The standard InChI is InChI=1S/C25H26ClN3O3/c26-20-6-3-17(4-7-20)25-31-15-19(16-32-25)24(30)28-21-9-10-23-18(13-21)5-8-22(27-23)14-29-11-1-2-12-29/h3-10,13,19,25H,1-2,11-12,14-16H2,(H,28,30)/t19-,25-. The summed E-state index contributed by atoms with van der Waals surface area (Å²) in [5, 5.41) is 4.66. The van der Waals surface area contributed by atoms with E-state index in [1.165, 1.54) is 12.8 Å². The smallest absolute Gasteiger partial charge is 0.232 e. The lowest BCUT2D eigenvalue weighted by Gasteiger charge is -2.29. The van der Waals surface area contributed by atoms with Crippen LogP contribution in [0.3, 0.4) is 0 Å². The Morgan fingerprint density at radius 2 is 1.78 bits per heavy atom. The van der Waals surface area contributed by atoms with Gasteiger partial charge in [0.2, 0.25) is 5.91 Å². The quantitative estimate of drug-likeness (QED) is 0.604. The van der Waals surface area contributed by atoms with Gasteiger partial charge in [-0.05, 0) is 62.3 Å². The number of rotatable bonds is 5. The van der Waals surface area contributed by atoms with Crippen LogP contribution in [0.5, 0.6) is 0 Å². The molecule has 0 spiro atoms. The van der Waals surface area contributed by atoms with Crippen molar-refractivity contribution in [3.63, 3.8) is 0 Å². The molecule has 7 heteroatoms. The Labute approximate surface area is 192 Å². The fourth-order valence-corrected chi connectivity index (χ4v) is 4.34. The van der Waals surface area contributed by atoms with Gasteiger partial charge in [0.15, 0.2) is 6.29 Å². The Hall–Kier alpha value is -2.51. The van der Waals surface area contributed by atoms with Gasteiger partial charge in [0.25, 0.3) is 0 Å². The van der Waals surface area contributed by atoms with Gasteiger partial charge in [-0.3, -0.25) is 14.7 Å². The van der Waals surface area contributed by atoms with E-state index < -0.39 is 6.29 Å². The van der Waals surface area contributed by atoms with Crippen LogP contribution in [0.4, 0.5) is 5.69 Å². The summed E-state index contributed by atoms with van der Waals surface area (Å²) in [6, 6.07) is 17.3. The number of nitrogens with zero attached hydrogens (tertiary/aromatic N) is 2. The van der Waals surface area contributed by atoms with Crippen LogP contribution in [-0.2, 0) is 20.8 Å². The molecule has 0 bridgehead atoms. The second kappa shape index (κ2) is 9.55. The third-order valence-electron chi connectivity index (χ3n) is 6.01. The maximum atomic E-state index is 12.7. The lowest BCUT2D eigenvalue weighted by Crippen LogP contribution is -2.36. The van der Waals surface area contributed by atoms with E-state index in [2.05, 4.69) is 22.3 Å². The predicted molar refractivity (Wildman–Crippen MR) is 124 cm³/mol. The summed E-state index contributed by atoms with van der Waals surface area (Å²) in [5.41, 5.74) is 3.66. The molecule has 1 N–H and O–H groups in total. The van der Waals surface area contributed by atoms with Gasteiger partial charge < -0.3 is 14.8 Å². The fourth-order valence-electron chi connectivity index (χ4n) is 4.21. The number of hydrogen-bond donors (Lipinski definition) is 1. The van der Waals surface area contributed by atoms with Crippen LogP contribution < -0.4 is 5.32 Å². The zero-order valence-electron chi connectivity index (χ0n) is 17.8. The summed E-state index contributed by atoms with van der Waals surface area (Å²) in [4.78, 5) is 20.0. The Morgan fingerprint density at radius 1 is 1.03 bits per heavy atom. The van der Waals surface area contributed by atoms with Gasteiger partial charge in [0.1, 0.15) is 0 Å². The fraction of sp³-hybridized carbons (Fsp3) is 0.360. The molecule has 2 fully saturated rings. The molecule has 3 aromatic rings. The maximum absolute atomic E-state index is 12.7. The molecule has 0 atom stereocenters. The lowest BCUT2D eigenvalue weighted by atomic mass is 10.1. The highest BCUT2D eigenvalue weighted by Crippen LogP contribution is 2.27. The number of hydrogen-bond acceptors (Lipinski definition) is 5. The molecule has 1 amide bonds. The highest BCUT2D eigenvalue weighted by atomic mass is 35.5. The Balaban J connectivity index is 1.18. The van der Waals surface area contributed by atoms with E-state index in [4.69, 9.17) is 26.1 Å². The number of aromatic nitrogens is 1. The van der Waals surface area contributed by atoms with Crippen molar-refractivity contribution in [2.45, 2.75) is 25.7 Å². The maximum Gasteiger partial charge on any atom is 0.232 e. The molecule has 2 aliphatic rings. The van der Waals surface area contributed by atoms with Crippen LogP contribution in [0.2, 0.25) is 5.02 Å². The average Bonchev–Trinajstić information content (AvgIpc) is 3.33. The minimum Gasteiger partial charge on any atom is -0.347 e. The number of ether oxygens (including phenoxy) is 2. The summed E-state index contributed by atoms with van der Waals surface area (Å²) < 4.78 is 11.5. The van der Waals surface area contributed by atoms with Crippen molar-refractivity contribution in [3.8, 4) is 0 Å². The zero-order chi connectivity index (χ0) is 21.9.